The minimum absolute atomic E-state index is 0.247. The molecule has 1 fully saturated rings. The molecule has 1 aliphatic heterocycles. The second-order valence-electron chi connectivity index (χ2n) is 6.86. The first-order valence-electron chi connectivity index (χ1n) is 7.32. The summed E-state index contributed by atoms with van der Waals surface area (Å²) in [7, 11) is -1.73. The quantitative estimate of drug-likeness (QED) is 0.636. The number of hydrogen-bond acceptors (Lipinski definition) is 3. The molecule has 1 aromatic carbocycles. The first-order chi connectivity index (χ1) is 9.29. The predicted octanol–water partition coefficient (Wildman–Crippen LogP) is 5.94. The van der Waals surface area contributed by atoms with Crippen molar-refractivity contribution in [2.45, 2.75) is 49.9 Å². The van der Waals surface area contributed by atoms with E-state index in [1.807, 2.05) is 0 Å². The van der Waals surface area contributed by atoms with Crippen molar-refractivity contribution in [3.05, 3.63) is 29.8 Å². The Balaban J connectivity index is 2.13. The lowest BCUT2D eigenvalue weighted by atomic mass is 10.2. The maximum atomic E-state index is 6.42. The molecule has 0 N–H and O–H groups in total. The van der Waals surface area contributed by atoms with Crippen LogP contribution in [0.4, 0.5) is 0 Å². The van der Waals surface area contributed by atoms with Crippen LogP contribution in [-0.2, 0) is 0 Å². The van der Waals surface area contributed by atoms with Crippen molar-refractivity contribution in [1.29, 1.82) is 0 Å². The molecule has 1 aromatic rings. The molecule has 0 spiro atoms. The normalized spacial score (nSPS) is 18.1. The van der Waals surface area contributed by atoms with E-state index in [1.165, 1.54) is 23.5 Å². The Morgan fingerprint density at radius 2 is 1.80 bits per heavy atom. The average molecular weight is 327 g/mol. The van der Waals surface area contributed by atoms with Crippen molar-refractivity contribution in [1.82, 2.24) is 0 Å². The van der Waals surface area contributed by atoms with Gasteiger partial charge in [0.2, 0.25) is 8.32 Å². The molecule has 1 saturated heterocycles. The largest absolute Gasteiger partial charge is 0.543 e. The molecule has 0 amide bonds. The molecule has 1 aliphatic rings. The Morgan fingerprint density at radius 3 is 2.40 bits per heavy atom. The summed E-state index contributed by atoms with van der Waals surface area (Å²) < 4.78 is 7.01. The average Bonchev–Trinajstić information content (AvgIpc) is 2.38. The van der Waals surface area contributed by atoms with Gasteiger partial charge in [0.15, 0.2) is 0 Å². The van der Waals surface area contributed by atoms with E-state index >= 15 is 0 Å². The molecule has 1 heterocycles. The molecule has 20 heavy (non-hydrogen) atoms. The Hall–Kier alpha value is -0.0631. The summed E-state index contributed by atoms with van der Waals surface area (Å²) in [6.45, 7) is 11.5. The molecule has 112 valence electrons. The summed E-state index contributed by atoms with van der Waals surface area (Å²) in [5.41, 5.74) is 1.41. The molecule has 0 aliphatic carbocycles. The lowest BCUT2D eigenvalue weighted by Crippen LogP contribution is -2.43. The maximum absolute atomic E-state index is 6.42. The molecule has 0 saturated carbocycles. The monoisotopic (exact) mass is 326 g/mol. The summed E-state index contributed by atoms with van der Waals surface area (Å²) >= 11 is 4.13. The minimum Gasteiger partial charge on any atom is -0.543 e. The van der Waals surface area contributed by atoms with Crippen LogP contribution < -0.4 is 4.43 Å². The summed E-state index contributed by atoms with van der Waals surface area (Å²) in [4.78, 5) is 0. The van der Waals surface area contributed by atoms with Crippen LogP contribution in [-0.4, -0.2) is 19.8 Å². The molecule has 0 radical (unpaired) electrons. The van der Waals surface area contributed by atoms with Crippen LogP contribution in [0.5, 0.6) is 5.75 Å². The van der Waals surface area contributed by atoms with Crippen molar-refractivity contribution in [2.75, 3.05) is 11.5 Å². The van der Waals surface area contributed by atoms with Crippen LogP contribution in [0.3, 0.4) is 0 Å². The number of thioether (sulfide) groups is 2. The van der Waals surface area contributed by atoms with Crippen LogP contribution in [0.15, 0.2) is 24.3 Å². The second-order valence-corrected chi connectivity index (χ2v) is 14.3. The van der Waals surface area contributed by atoms with Gasteiger partial charge in [-0.25, -0.2) is 0 Å². The smallest absolute Gasteiger partial charge is 0.250 e. The van der Waals surface area contributed by atoms with Gasteiger partial charge in [-0.1, -0.05) is 32.9 Å². The van der Waals surface area contributed by atoms with Crippen LogP contribution in [0.25, 0.3) is 0 Å². The van der Waals surface area contributed by atoms with E-state index in [2.05, 4.69) is 81.7 Å². The Morgan fingerprint density at radius 1 is 1.15 bits per heavy atom. The lowest BCUT2D eigenvalue weighted by molar-refractivity contribution is 0.492. The van der Waals surface area contributed by atoms with Gasteiger partial charge < -0.3 is 4.43 Å². The van der Waals surface area contributed by atoms with Crippen molar-refractivity contribution in [3.63, 3.8) is 0 Å². The highest BCUT2D eigenvalue weighted by Crippen LogP contribution is 2.45. The van der Waals surface area contributed by atoms with E-state index in [0.717, 1.165) is 5.75 Å². The highest BCUT2D eigenvalue weighted by atomic mass is 32.2. The summed E-state index contributed by atoms with van der Waals surface area (Å²) in [5.74, 6) is 3.62. The van der Waals surface area contributed by atoms with Gasteiger partial charge >= 0.3 is 0 Å². The fourth-order valence-electron chi connectivity index (χ4n) is 1.85. The Kier molecular flexibility index (Phi) is 5.19. The van der Waals surface area contributed by atoms with Crippen LogP contribution in [0, 0.1) is 0 Å². The summed E-state index contributed by atoms with van der Waals surface area (Å²) in [6.07, 6.45) is 1.34. The van der Waals surface area contributed by atoms with Crippen LogP contribution in [0.1, 0.15) is 37.3 Å². The van der Waals surface area contributed by atoms with Crippen molar-refractivity contribution in [3.8, 4) is 5.75 Å². The highest BCUT2D eigenvalue weighted by Gasteiger charge is 2.39. The van der Waals surface area contributed by atoms with Crippen molar-refractivity contribution < 1.29 is 4.43 Å². The van der Waals surface area contributed by atoms with E-state index in [9.17, 15) is 0 Å². The zero-order valence-electron chi connectivity index (χ0n) is 13.2. The standard InChI is InChI=1S/C16H26OS2Si/c1-16(2,3)20(4,5)17-14-9-6-8-13(12-14)15-18-10-7-11-19-15/h6,8-9,12,15H,7,10-11H2,1-5H3. The van der Waals surface area contributed by atoms with Crippen molar-refractivity contribution >= 4 is 31.8 Å². The van der Waals surface area contributed by atoms with E-state index in [0.29, 0.717) is 4.58 Å². The molecule has 0 bridgehead atoms. The van der Waals surface area contributed by atoms with Gasteiger partial charge in [0.1, 0.15) is 5.75 Å². The fourth-order valence-corrected chi connectivity index (χ4v) is 5.75. The molecule has 4 heteroatoms. The number of hydrogen-bond donors (Lipinski definition) is 0. The van der Waals surface area contributed by atoms with E-state index in [-0.39, 0.29) is 5.04 Å². The molecule has 0 aromatic heterocycles. The zero-order valence-corrected chi connectivity index (χ0v) is 15.9. The first kappa shape index (κ1) is 16.3. The van der Waals surface area contributed by atoms with E-state index in [1.54, 1.807) is 0 Å². The van der Waals surface area contributed by atoms with Gasteiger partial charge in [-0.3, -0.25) is 0 Å². The topological polar surface area (TPSA) is 9.23 Å². The van der Waals surface area contributed by atoms with E-state index in [4.69, 9.17) is 4.43 Å². The molecule has 1 nitrogen and oxygen atoms in total. The van der Waals surface area contributed by atoms with Gasteiger partial charge in [0.05, 0.1) is 4.58 Å². The molecule has 0 atom stereocenters. The SMILES string of the molecule is CC(C)(C)[Si](C)(C)Oc1cccc(C2SCCCS2)c1. The number of benzene rings is 1. The molecular weight excluding hydrogens is 300 g/mol. The predicted molar refractivity (Wildman–Crippen MR) is 96.5 cm³/mol. The lowest BCUT2D eigenvalue weighted by Gasteiger charge is -2.36. The third-order valence-electron chi connectivity index (χ3n) is 4.14. The summed E-state index contributed by atoms with van der Waals surface area (Å²) in [5, 5.41) is 0.247. The Labute approximate surface area is 133 Å². The fraction of sp³-hybridized carbons (Fsp3) is 0.625. The molecule has 2 rings (SSSR count). The van der Waals surface area contributed by atoms with Gasteiger partial charge in [-0.05, 0) is 53.8 Å². The zero-order chi connectivity index (χ0) is 14.8. The third-order valence-corrected chi connectivity index (χ3v) is 11.5. The third kappa shape index (κ3) is 3.98. The highest BCUT2D eigenvalue weighted by molar-refractivity contribution is 8.16. The minimum atomic E-state index is -1.73. The molecule has 0 unspecified atom stereocenters. The van der Waals surface area contributed by atoms with Gasteiger partial charge in [0.25, 0.3) is 0 Å². The van der Waals surface area contributed by atoms with Gasteiger partial charge in [-0.2, -0.15) is 0 Å². The van der Waals surface area contributed by atoms with E-state index < -0.39 is 8.32 Å². The van der Waals surface area contributed by atoms with Crippen molar-refractivity contribution in [2.24, 2.45) is 0 Å². The second kappa shape index (κ2) is 6.37. The van der Waals surface area contributed by atoms with Crippen LogP contribution >= 0.6 is 23.5 Å². The molecular formula is C16H26OS2Si. The Bertz CT molecular complexity index is 448. The number of rotatable bonds is 3. The van der Waals surface area contributed by atoms with Crippen LogP contribution in [0.2, 0.25) is 18.1 Å². The van der Waals surface area contributed by atoms with Gasteiger partial charge in [0, 0.05) is 0 Å². The first-order valence-corrected chi connectivity index (χ1v) is 12.3. The van der Waals surface area contributed by atoms with Gasteiger partial charge in [-0.15, -0.1) is 23.5 Å². The maximum Gasteiger partial charge on any atom is 0.250 e. The summed E-state index contributed by atoms with van der Waals surface area (Å²) in [6, 6.07) is 8.76.